The number of rotatable bonds is 3. The molecule has 0 saturated carbocycles. The van der Waals surface area contributed by atoms with Crippen molar-refractivity contribution in [3.8, 4) is 0 Å². The fraction of sp³-hybridized carbons (Fsp3) is 0.188. The quantitative estimate of drug-likeness (QED) is 0.811. The van der Waals surface area contributed by atoms with Crippen molar-refractivity contribution in [1.29, 1.82) is 0 Å². The second kappa shape index (κ2) is 6.46. The topological polar surface area (TPSA) is 12.4 Å². The fourth-order valence-electron chi connectivity index (χ4n) is 2.08. The van der Waals surface area contributed by atoms with Crippen LogP contribution in [0.25, 0.3) is 0 Å². The third kappa shape index (κ3) is 3.25. The first-order chi connectivity index (χ1) is 9.83. The molecule has 1 heterocycles. The minimum Gasteiger partial charge on any atom is -0.271 e. The molecular formula is C16H14FNS2. The molecule has 0 aliphatic carbocycles. The molecule has 0 spiro atoms. The molecule has 1 atom stereocenters. The summed E-state index contributed by atoms with van der Waals surface area (Å²) in [7, 11) is 0. The van der Waals surface area contributed by atoms with Crippen molar-refractivity contribution in [2.45, 2.75) is 5.25 Å². The van der Waals surface area contributed by atoms with Crippen LogP contribution >= 0.6 is 23.5 Å². The molecule has 0 aromatic heterocycles. The molecule has 1 aliphatic heterocycles. The molecule has 3 rings (SSSR count). The monoisotopic (exact) mass is 303 g/mol. The average molecular weight is 303 g/mol. The van der Waals surface area contributed by atoms with Gasteiger partial charge in [-0.05, 0) is 23.3 Å². The summed E-state index contributed by atoms with van der Waals surface area (Å²) in [5.74, 6) is 0.867. The summed E-state index contributed by atoms with van der Waals surface area (Å²) >= 11 is 3.56. The van der Waals surface area contributed by atoms with Crippen LogP contribution in [0.1, 0.15) is 16.4 Å². The zero-order valence-corrected chi connectivity index (χ0v) is 12.5. The van der Waals surface area contributed by atoms with Gasteiger partial charge in [-0.25, -0.2) is 4.39 Å². The largest absolute Gasteiger partial charge is 0.271 e. The Morgan fingerprint density at radius 1 is 1.00 bits per heavy atom. The standard InChI is InChI=1S/C16H14FNS2/c17-14-8-6-13(7-9-14)15(12-4-2-1-3-5-12)20-16-18-10-11-19-16/h1-9,15H,10-11H2/t15-/m1/s1. The van der Waals surface area contributed by atoms with Gasteiger partial charge in [-0.15, -0.1) is 0 Å². The molecule has 0 N–H and O–H groups in total. The summed E-state index contributed by atoms with van der Waals surface area (Å²) in [6, 6.07) is 17.1. The van der Waals surface area contributed by atoms with Crippen LogP contribution in [0.5, 0.6) is 0 Å². The fourth-order valence-corrected chi connectivity index (χ4v) is 4.39. The summed E-state index contributed by atoms with van der Waals surface area (Å²) in [5, 5.41) is 0.168. The van der Waals surface area contributed by atoms with Crippen molar-refractivity contribution in [3.63, 3.8) is 0 Å². The van der Waals surface area contributed by atoms with E-state index >= 15 is 0 Å². The van der Waals surface area contributed by atoms with E-state index in [1.165, 1.54) is 17.7 Å². The van der Waals surface area contributed by atoms with Gasteiger partial charge in [0.1, 0.15) is 10.2 Å². The Hall–Kier alpha value is -1.26. The molecule has 1 aliphatic rings. The van der Waals surface area contributed by atoms with Crippen LogP contribution in [-0.4, -0.2) is 16.7 Å². The molecule has 2 aromatic carbocycles. The van der Waals surface area contributed by atoms with E-state index in [-0.39, 0.29) is 11.1 Å². The number of halogens is 1. The van der Waals surface area contributed by atoms with Crippen molar-refractivity contribution in [2.75, 3.05) is 12.3 Å². The van der Waals surface area contributed by atoms with E-state index in [9.17, 15) is 4.39 Å². The Balaban J connectivity index is 1.92. The molecule has 1 nitrogen and oxygen atoms in total. The zero-order chi connectivity index (χ0) is 13.8. The molecule has 4 heteroatoms. The van der Waals surface area contributed by atoms with E-state index in [4.69, 9.17) is 0 Å². The van der Waals surface area contributed by atoms with Gasteiger partial charge in [-0.2, -0.15) is 0 Å². The Labute approximate surface area is 126 Å². The zero-order valence-electron chi connectivity index (χ0n) is 10.8. The molecule has 0 radical (unpaired) electrons. The Bertz CT molecular complexity index is 596. The van der Waals surface area contributed by atoms with Gasteiger partial charge in [-0.1, -0.05) is 66.0 Å². The highest BCUT2D eigenvalue weighted by Gasteiger charge is 2.19. The first kappa shape index (κ1) is 13.7. The maximum absolute atomic E-state index is 13.1. The van der Waals surface area contributed by atoms with Gasteiger partial charge in [0.25, 0.3) is 0 Å². The number of hydrogen-bond donors (Lipinski definition) is 0. The minimum atomic E-state index is -0.196. The Kier molecular flexibility index (Phi) is 4.43. The van der Waals surface area contributed by atoms with Crippen LogP contribution in [0.4, 0.5) is 4.39 Å². The lowest BCUT2D eigenvalue weighted by Crippen LogP contribution is -1.99. The van der Waals surface area contributed by atoms with E-state index in [0.29, 0.717) is 0 Å². The summed E-state index contributed by atoms with van der Waals surface area (Å²) in [5.41, 5.74) is 2.33. The molecule has 0 saturated heterocycles. The third-order valence-electron chi connectivity index (χ3n) is 3.05. The van der Waals surface area contributed by atoms with Gasteiger partial charge in [0, 0.05) is 5.75 Å². The van der Waals surface area contributed by atoms with Crippen molar-refractivity contribution in [2.24, 2.45) is 4.99 Å². The molecule has 0 amide bonds. The van der Waals surface area contributed by atoms with Gasteiger partial charge in [0.05, 0.1) is 11.8 Å². The highest BCUT2D eigenvalue weighted by atomic mass is 32.2. The number of hydrogen-bond acceptors (Lipinski definition) is 3. The first-order valence-corrected chi connectivity index (χ1v) is 8.34. The van der Waals surface area contributed by atoms with Gasteiger partial charge < -0.3 is 0 Å². The number of aliphatic imine (C=N–C) groups is 1. The normalized spacial score (nSPS) is 15.9. The predicted molar refractivity (Wildman–Crippen MR) is 87.0 cm³/mol. The molecule has 102 valence electrons. The SMILES string of the molecule is Fc1ccc([C@H](SC2=NCCS2)c2ccccc2)cc1. The molecule has 2 aromatic rings. The Morgan fingerprint density at radius 2 is 1.70 bits per heavy atom. The average Bonchev–Trinajstić information content (AvgIpc) is 3.00. The molecular weight excluding hydrogens is 289 g/mol. The van der Waals surface area contributed by atoms with Gasteiger partial charge >= 0.3 is 0 Å². The summed E-state index contributed by atoms with van der Waals surface area (Å²) in [6.45, 7) is 0.901. The maximum Gasteiger partial charge on any atom is 0.125 e. The second-order valence-corrected chi connectivity index (χ2v) is 6.89. The predicted octanol–water partition coefficient (Wildman–Crippen LogP) is 4.75. The number of benzene rings is 2. The molecule has 20 heavy (non-hydrogen) atoms. The lowest BCUT2D eigenvalue weighted by Gasteiger charge is -2.17. The highest BCUT2D eigenvalue weighted by Crippen LogP contribution is 2.40. The van der Waals surface area contributed by atoms with Gasteiger partial charge in [-0.3, -0.25) is 4.99 Å². The molecule has 0 fully saturated rings. The minimum absolute atomic E-state index is 0.168. The third-order valence-corrected chi connectivity index (χ3v) is 5.57. The van der Waals surface area contributed by atoms with Crippen molar-refractivity contribution in [3.05, 3.63) is 71.5 Å². The smallest absolute Gasteiger partial charge is 0.125 e. The Morgan fingerprint density at radius 3 is 2.35 bits per heavy atom. The summed E-state index contributed by atoms with van der Waals surface area (Å²) < 4.78 is 14.3. The molecule has 0 unspecified atom stereocenters. The van der Waals surface area contributed by atoms with E-state index in [0.717, 1.165) is 22.2 Å². The number of thioether (sulfide) groups is 2. The van der Waals surface area contributed by atoms with E-state index in [1.807, 2.05) is 30.3 Å². The van der Waals surface area contributed by atoms with Crippen LogP contribution in [-0.2, 0) is 0 Å². The van der Waals surface area contributed by atoms with E-state index < -0.39 is 0 Å². The van der Waals surface area contributed by atoms with Crippen LogP contribution < -0.4 is 0 Å². The number of nitrogens with zero attached hydrogens (tertiary/aromatic N) is 1. The summed E-state index contributed by atoms with van der Waals surface area (Å²) in [6.07, 6.45) is 0. The van der Waals surface area contributed by atoms with E-state index in [2.05, 4.69) is 17.1 Å². The lowest BCUT2D eigenvalue weighted by atomic mass is 10.0. The summed E-state index contributed by atoms with van der Waals surface area (Å²) in [4.78, 5) is 4.51. The van der Waals surface area contributed by atoms with E-state index in [1.54, 1.807) is 23.5 Å². The van der Waals surface area contributed by atoms with Crippen molar-refractivity contribution >= 4 is 27.9 Å². The first-order valence-electron chi connectivity index (χ1n) is 6.47. The van der Waals surface area contributed by atoms with Crippen LogP contribution in [0.15, 0.2) is 59.6 Å². The van der Waals surface area contributed by atoms with Gasteiger partial charge in [0.2, 0.25) is 0 Å². The van der Waals surface area contributed by atoms with Crippen LogP contribution in [0, 0.1) is 5.82 Å². The van der Waals surface area contributed by atoms with Gasteiger partial charge in [0.15, 0.2) is 0 Å². The maximum atomic E-state index is 13.1. The van der Waals surface area contributed by atoms with Crippen LogP contribution in [0.2, 0.25) is 0 Å². The van der Waals surface area contributed by atoms with Crippen LogP contribution in [0.3, 0.4) is 0 Å². The second-order valence-electron chi connectivity index (χ2n) is 4.46. The van der Waals surface area contributed by atoms with Crippen molar-refractivity contribution < 1.29 is 4.39 Å². The van der Waals surface area contributed by atoms with Crippen molar-refractivity contribution in [1.82, 2.24) is 0 Å². The highest BCUT2D eigenvalue weighted by molar-refractivity contribution is 8.39. The lowest BCUT2D eigenvalue weighted by molar-refractivity contribution is 0.627. The molecule has 0 bridgehead atoms.